The van der Waals surface area contributed by atoms with E-state index in [4.69, 9.17) is 4.74 Å². The average Bonchev–Trinajstić information content (AvgIpc) is 2.74. The van der Waals surface area contributed by atoms with Gasteiger partial charge in [0.2, 0.25) is 0 Å². The fourth-order valence-electron chi connectivity index (χ4n) is 3.21. The number of benzene rings is 3. The average molecular weight is 355 g/mol. The molecule has 0 aliphatic heterocycles. The molecule has 0 fully saturated rings. The molecule has 0 saturated heterocycles. The quantitative estimate of drug-likeness (QED) is 0.524. The summed E-state index contributed by atoms with van der Waals surface area (Å²) < 4.78 is 6.20. The van der Waals surface area contributed by atoms with Crippen LogP contribution in [-0.2, 0) is 13.0 Å². The van der Waals surface area contributed by atoms with Gasteiger partial charge in [0.1, 0.15) is 17.9 Å². The number of pyridine rings is 1. The molecule has 0 amide bonds. The molecule has 1 N–H and O–H groups in total. The standard InChI is InChI=1S/C24H21NO2/c26-22(19-10-5-2-6-11-19)16-21-14-13-20-12-7-15-25-23(20)24(21)27-17-18-8-3-1-4-9-18/h1-15,22,26H,16-17H2. The van der Waals surface area contributed by atoms with Gasteiger partial charge in [-0.15, -0.1) is 0 Å². The van der Waals surface area contributed by atoms with Gasteiger partial charge in [-0.2, -0.15) is 0 Å². The molecule has 27 heavy (non-hydrogen) atoms. The zero-order valence-electron chi connectivity index (χ0n) is 15.0. The summed E-state index contributed by atoms with van der Waals surface area (Å²) in [5.41, 5.74) is 3.77. The SMILES string of the molecule is OC(Cc1ccc2cccnc2c1OCc1ccccc1)c1ccccc1. The lowest BCUT2D eigenvalue weighted by Crippen LogP contribution is -2.05. The Morgan fingerprint density at radius 1 is 0.815 bits per heavy atom. The molecule has 0 bridgehead atoms. The van der Waals surface area contributed by atoms with Crippen LogP contribution in [0.2, 0.25) is 0 Å². The first-order valence-corrected chi connectivity index (χ1v) is 9.07. The molecular weight excluding hydrogens is 334 g/mol. The number of aliphatic hydroxyl groups is 1. The molecule has 0 spiro atoms. The Kier molecular flexibility index (Phi) is 5.13. The maximum absolute atomic E-state index is 10.7. The Morgan fingerprint density at radius 3 is 2.33 bits per heavy atom. The number of nitrogens with zero attached hydrogens (tertiary/aromatic N) is 1. The molecule has 3 aromatic carbocycles. The highest BCUT2D eigenvalue weighted by molar-refractivity contribution is 5.85. The second kappa shape index (κ2) is 8.02. The van der Waals surface area contributed by atoms with Gasteiger partial charge >= 0.3 is 0 Å². The fourth-order valence-corrected chi connectivity index (χ4v) is 3.21. The number of fused-ring (bicyclic) bond motifs is 1. The molecule has 4 rings (SSSR count). The maximum Gasteiger partial charge on any atom is 0.149 e. The highest BCUT2D eigenvalue weighted by Crippen LogP contribution is 2.32. The molecule has 0 saturated carbocycles. The zero-order chi connectivity index (χ0) is 18.5. The van der Waals surface area contributed by atoms with Crippen LogP contribution in [0, 0.1) is 0 Å². The number of hydrogen-bond donors (Lipinski definition) is 1. The third-order valence-corrected chi connectivity index (χ3v) is 4.63. The molecule has 1 heterocycles. The highest BCUT2D eigenvalue weighted by atomic mass is 16.5. The first kappa shape index (κ1) is 17.3. The fraction of sp³-hybridized carbons (Fsp3) is 0.125. The van der Waals surface area contributed by atoms with E-state index in [2.05, 4.69) is 4.98 Å². The molecule has 0 aliphatic rings. The van der Waals surface area contributed by atoms with Gasteiger partial charge in [0, 0.05) is 18.0 Å². The molecule has 1 aromatic heterocycles. The molecule has 0 aliphatic carbocycles. The van der Waals surface area contributed by atoms with Crippen molar-refractivity contribution in [3.63, 3.8) is 0 Å². The summed E-state index contributed by atoms with van der Waals surface area (Å²) in [6.07, 6.45) is 1.65. The van der Waals surface area contributed by atoms with E-state index in [9.17, 15) is 5.11 Å². The smallest absolute Gasteiger partial charge is 0.149 e. The van der Waals surface area contributed by atoms with Crippen molar-refractivity contribution in [2.45, 2.75) is 19.1 Å². The number of rotatable bonds is 6. The highest BCUT2D eigenvalue weighted by Gasteiger charge is 2.15. The van der Waals surface area contributed by atoms with Gasteiger partial charge < -0.3 is 9.84 Å². The van der Waals surface area contributed by atoms with E-state index >= 15 is 0 Å². The molecule has 1 unspecified atom stereocenters. The van der Waals surface area contributed by atoms with Crippen molar-refractivity contribution in [3.05, 3.63) is 108 Å². The second-order valence-corrected chi connectivity index (χ2v) is 6.53. The Labute approximate surface area is 158 Å². The van der Waals surface area contributed by atoms with Crippen LogP contribution in [0.1, 0.15) is 22.8 Å². The maximum atomic E-state index is 10.7. The lowest BCUT2D eigenvalue weighted by atomic mass is 9.99. The third-order valence-electron chi connectivity index (χ3n) is 4.63. The normalized spacial score (nSPS) is 12.0. The molecule has 0 radical (unpaired) electrons. The summed E-state index contributed by atoms with van der Waals surface area (Å²) in [6.45, 7) is 0.463. The van der Waals surface area contributed by atoms with E-state index in [0.717, 1.165) is 33.3 Å². The van der Waals surface area contributed by atoms with Gasteiger partial charge in [-0.1, -0.05) is 78.9 Å². The van der Waals surface area contributed by atoms with Gasteiger partial charge in [0.05, 0.1) is 6.10 Å². The third kappa shape index (κ3) is 3.99. The summed E-state index contributed by atoms with van der Waals surface area (Å²) in [7, 11) is 0. The lowest BCUT2D eigenvalue weighted by molar-refractivity contribution is 0.176. The summed E-state index contributed by atoms with van der Waals surface area (Å²) >= 11 is 0. The van der Waals surface area contributed by atoms with Gasteiger partial charge in [-0.05, 0) is 22.8 Å². The number of aromatic nitrogens is 1. The molecule has 4 aromatic rings. The molecule has 3 heteroatoms. The van der Waals surface area contributed by atoms with Gasteiger partial charge in [0.15, 0.2) is 0 Å². The number of ether oxygens (including phenoxy) is 1. The Hall–Kier alpha value is -3.17. The predicted octanol–water partition coefficient (Wildman–Crippen LogP) is 5.09. The molecular formula is C24H21NO2. The summed E-state index contributed by atoms with van der Waals surface area (Å²) in [5, 5.41) is 11.7. The first-order chi connectivity index (χ1) is 13.3. The van der Waals surface area contributed by atoms with E-state index in [-0.39, 0.29) is 0 Å². The van der Waals surface area contributed by atoms with Crippen molar-refractivity contribution in [3.8, 4) is 5.75 Å². The van der Waals surface area contributed by atoms with Gasteiger partial charge in [0.25, 0.3) is 0 Å². The Morgan fingerprint density at radius 2 is 1.56 bits per heavy atom. The van der Waals surface area contributed by atoms with Crippen LogP contribution in [0.3, 0.4) is 0 Å². The van der Waals surface area contributed by atoms with Crippen LogP contribution in [-0.4, -0.2) is 10.1 Å². The molecule has 3 nitrogen and oxygen atoms in total. The summed E-state index contributed by atoms with van der Waals surface area (Å²) in [5.74, 6) is 0.743. The number of aliphatic hydroxyl groups excluding tert-OH is 1. The topological polar surface area (TPSA) is 42.4 Å². The van der Waals surface area contributed by atoms with E-state index < -0.39 is 6.10 Å². The van der Waals surface area contributed by atoms with Crippen LogP contribution in [0.5, 0.6) is 5.75 Å². The Bertz CT molecular complexity index is 1020. The van der Waals surface area contributed by atoms with Gasteiger partial charge in [-0.25, -0.2) is 0 Å². The second-order valence-electron chi connectivity index (χ2n) is 6.53. The van der Waals surface area contributed by atoms with Gasteiger partial charge in [-0.3, -0.25) is 4.98 Å². The molecule has 1 atom stereocenters. The minimum atomic E-state index is -0.591. The van der Waals surface area contributed by atoms with Crippen molar-refractivity contribution < 1.29 is 9.84 Å². The van der Waals surface area contributed by atoms with Crippen LogP contribution < -0.4 is 4.74 Å². The monoisotopic (exact) mass is 355 g/mol. The first-order valence-electron chi connectivity index (χ1n) is 9.07. The van der Waals surface area contributed by atoms with Crippen molar-refractivity contribution in [1.82, 2.24) is 4.98 Å². The van der Waals surface area contributed by atoms with Crippen LogP contribution >= 0.6 is 0 Å². The van der Waals surface area contributed by atoms with Crippen molar-refractivity contribution >= 4 is 10.9 Å². The van der Waals surface area contributed by atoms with Crippen LogP contribution in [0.4, 0.5) is 0 Å². The van der Waals surface area contributed by atoms with E-state index in [1.807, 2.05) is 84.9 Å². The minimum absolute atomic E-state index is 0.463. The van der Waals surface area contributed by atoms with E-state index in [1.54, 1.807) is 6.20 Å². The number of hydrogen-bond acceptors (Lipinski definition) is 3. The predicted molar refractivity (Wildman–Crippen MR) is 108 cm³/mol. The Balaban J connectivity index is 1.67. The van der Waals surface area contributed by atoms with E-state index in [1.165, 1.54) is 0 Å². The van der Waals surface area contributed by atoms with Crippen LogP contribution in [0.25, 0.3) is 10.9 Å². The zero-order valence-corrected chi connectivity index (χ0v) is 15.0. The summed E-state index contributed by atoms with van der Waals surface area (Å²) in [6, 6.07) is 27.8. The van der Waals surface area contributed by atoms with E-state index in [0.29, 0.717) is 13.0 Å². The van der Waals surface area contributed by atoms with Crippen molar-refractivity contribution in [2.75, 3.05) is 0 Å². The minimum Gasteiger partial charge on any atom is -0.486 e. The largest absolute Gasteiger partial charge is 0.486 e. The van der Waals surface area contributed by atoms with Crippen molar-refractivity contribution in [2.24, 2.45) is 0 Å². The molecule has 134 valence electrons. The van der Waals surface area contributed by atoms with Crippen LogP contribution in [0.15, 0.2) is 91.1 Å². The van der Waals surface area contributed by atoms with Crippen molar-refractivity contribution in [1.29, 1.82) is 0 Å². The summed E-state index contributed by atoms with van der Waals surface area (Å²) in [4.78, 5) is 4.53. The lowest BCUT2D eigenvalue weighted by Gasteiger charge is -2.17.